The van der Waals surface area contributed by atoms with Gasteiger partial charge in [0.15, 0.2) is 0 Å². The van der Waals surface area contributed by atoms with Gasteiger partial charge in [0.25, 0.3) is 0 Å². The van der Waals surface area contributed by atoms with E-state index in [9.17, 15) is 9.18 Å². The van der Waals surface area contributed by atoms with Gasteiger partial charge in [-0.1, -0.05) is 12.1 Å². The predicted molar refractivity (Wildman–Crippen MR) is 85.0 cm³/mol. The summed E-state index contributed by atoms with van der Waals surface area (Å²) in [5, 5.41) is 2.88. The van der Waals surface area contributed by atoms with E-state index < -0.39 is 0 Å². The van der Waals surface area contributed by atoms with Crippen molar-refractivity contribution >= 4 is 17.2 Å². The third-order valence-electron chi connectivity index (χ3n) is 3.88. The molecule has 3 rings (SSSR count). The molecular formula is C16H18FN3OS. The summed E-state index contributed by atoms with van der Waals surface area (Å²) < 4.78 is 13.8. The van der Waals surface area contributed by atoms with Crippen LogP contribution in [0.4, 0.5) is 4.39 Å². The highest BCUT2D eigenvalue weighted by Crippen LogP contribution is 2.25. The second kappa shape index (κ2) is 6.54. The Hall–Kier alpha value is -1.79. The molecule has 1 aliphatic rings. The maximum Gasteiger partial charge on any atom is 0.219 e. The fraction of sp³-hybridized carbons (Fsp3) is 0.375. The van der Waals surface area contributed by atoms with Crippen LogP contribution in [0.3, 0.4) is 0 Å². The molecule has 1 saturated heterocycles. The second-order valence-corrected chi connectivity index (χ2v) is 6.33. The van der Waals surface area contributed by atoms with Crippen molar-refractivity contribution in [3.8, 4) is 11.3 Å². The van der Waals surface area contributed by atoms with Gasteiger partial charge in [-0.25, -0.2) is 9.37 Å². The Morgan fingerprint density at radius 1 is 1.27 bits per heavy atom. The zero-order chi connectivity index (χ0) is 15.5. The van der Waals surface area contributed by atoms with Crippen molar-refractivity contribution < 1.29 is 9.18 Å². The molecule has 1 amide bonds. The van der Waals surface area contributed by atoms with Crippen molar-refractivity contribution in [3.05, 3.63) is 40.5 Å². The van der Waals surface area contributed by atoms with E-state index in [1.54, 1.807) is 30.4 Å². The molecule has 6 heteroatoms. The SMILES string of the molecule is CC(=O)N1CCN(Cc2nc(-c3ccccc3F)cs2)CC1. The first kappa shape index (κ1) is 15.1. The molecular weight excluding hydrogens is 301 g/mol. The Labute approximate surface area is 133 Å². The molecule has 0 N–H and O–H groups in total. The van der Waals surface area contributed by atoms with E-state index in [2.05, 4.69) is 9.88 Å². The molecule has 1 aromatic carbocycles. The van der Waals surface area contributed by atoms with Crippen LogP contribution < -0.4 is 0 Å². The van der Waals surface area contributed by atoms with E-state index in [0.29, 0.717) is 11.3 Å². The first-order chi connectivity index (χ1) is 10.6. The number of carbonyl (C=O) groups is 1. The van der Waals surface area contributed by atoms with Gasteiger partial charge in [-0.15, -0.1) is 11.3 Å². The topological polar surface area (TPSA) is 36.4 Å². The van der Waals surface area contributed by atoms with E-state index in [0.717, 1.165) is 37.7 Å². The summed E-state index contributed by atoms with van der Waals surface area (Å²) >= 11 is 1.55. The summed E-state index contributed by atoms with van der Waals surface area (Å²) in [6.45, 7) is 5.60. The van der Waals surface area contributed by atoms with Crippen molar-refractivity contribution in [3.63, 3.8) is 0 Å². The number of benzene rings is 1. The molecule has 0 atom stereocenters. The van der Waals surface area contributed by atoms with Crippen molar-refractivity contribution in [2.45, 2.75) is 13.5 Å². The summed E-state index contributed by atoms with van der Waals surface area (Å²) in [7, 11) is 0. The van der Waals surface area contributed by atoms with Crippen LogP contribution in [0.1, 0.15) is 11.9 Å². The standard InChI is InChI=1S/C16H18FN3OS/c1-12(21)20-8-6-19(7-9-20)10-16-18-15(11-22-16)13-4-2-3-5-14(13)17/h2-5,11H,6-10H2,1H3. The highest BCUT2D eigenvalue weighted by Gasteiger charge is 2.19. The van der Waals surface area contributed by atoms with Crippen molar-refractivity contribution in [1.29, 1.82) is 0 Å². The molecule has 0 bridgehead atoms. The maximum absolute atomic E-state index is 13.8. The van der Waals surface area contributed by atoms with E-state index in [4.69, 9.17) is 0 Å². The Morgan fingerprint density at radius 3 is 2.68 bits per heavy atom. The monoisotopic (exact) mass is 319 g/mol. The van der Waals surface area contributed by atoms with Crippen LogP contribution in [0.15, 0.2) is 29.6 Å². The summed E-state index contributed by atoms with van der Waals surface area (Å²) in [5.74, 6) is -0.106. The fourth-order valence-corrected chi connectivity index (χ4v) is 3.42. The Bertz CT molecular complexity index is 665. The van der Waals surface area contributed by atoms with Crippen molar-refractivity contribution in [1.82, 2.24) is 14.8 Å². The van der Waals surface area contributed by atoms with E-state index in [1.807, 2.05) is 16.3 Å². The second-order valence-electron chi connectivity index (χ2n) is 5.39. The molecule has 0 saturated carbocycles. The minimum absolute atomic E-state index is 0.135. The number of piperazine rings is 1. The van der Waals surface area contributed by atoms with Crippen LogP contribution in [0.25, 0.3) is 11.3 Å². The normalized spacial score (nSPS) is 16.0. The predicted octanol–water partition coefficient (Wildman–Crippen LogP) is 2.61. The number of halogens is 1. The van der Waals surface area contributed by atoms with Crippen LogP contribution in [0.5, 0.6) is 0 Å². The van der Waals surface area contributed by atoms with E-state index in [-0.39, 0.29) is 11.7 Å². The zero-order valence-corrected chi connectivity index (χ0v) is 13.3. The molecule has 4 nitrogen and oxygen atoms in total. The third kappa shape index (κ3) is 3.34. The lowest BCUT2D eigenvalue weighted by atomic mass is 10.2. The average Bonchev–Trinajstić information content (AvgIpc) is 2.96. The number of aromatic nitrogens is 1. The van der Waals surface area contributed by atoms with Gasteiger partial charge in [-0.2, -0.15) is 0 Å². The van der Waals surface area contributed by atoms with Crippen molar-refractivity contribution in [2.75, 3.05) is 26.2 Å². The van der Waals surface area contributed by atoms with Gasteiger partial charge in [0, 0.05) is 44.0 Å². The van der Waals surface area contributed by atoms with Gasteiger partial charge < -0.3 is 4.90 Å². The van der Waals surface area contributed by atoms with Gasteiger partial charge >= 0.3 is 0 Å². The van der Waals surface area contributed by atoms with Gasteiger partial charge in [0.05, 0.1) is 12.2 Å². The fourth-order valence-electron chi connectivity index (χ4n) is 2.59. The van der Waals surface area contributed by atoms with Gasteiger partial charge in [0.1, 0.15) is 10.8 Å². The molecule has 0 radical (unpaired) electrons. The summed E-state index contributed by atoms with van der Waals surface area (Å²) in [6.07, 6.45) is 0. The highest BCUT2D eigenvalue weighted by molar-refractivity contribution is 7.09. The Balaban J connectivity index is 1.63. The number of carbonyl (C=O) groups excluding carboxylic acids is 1. The molecule has 0 aliphatic carbocycles. The molecule has 2 heterocycles. The van der Waals surface area contributed by atoms with Crippen LogP contribution in [0, 0.1) is 5.82 Å². The smallest absolute Gasteiger partial charge is 0.219 e. The van der Waals surface area contributed by atoms with Crippen LogP contribution in [0.2, 0.25) is 0 Å². The lowest BCUT2D eigenvalue weighted by Crippen LogP contribution is -2.47. The molecule has 22 heavy (non-hydrogen) atoms. The minimum atomic E-state index is -0.241. The zero-order valence-electron chi connectivity index (χ0n) is 12.5. The van der Waals surface area contributed by atoms with E-state index in [1.165, 1.54) is 6.07 Å². The first-order valence-corrected chi connectivity index (χ1v) is 8.18. The number of hydrogen-bond acceptors (Lipinski definition) is 4. The average molecular weight is 319 g/mol. The van der Waals surface area contributed by atoms with Crippen LogP contribution >= 0.6 is 11.3 Å². The molecule has 1 fully saturated rings. The quantitative estimate of drug-likeness (QED) is 0.872. The highest BCUT2D eigenvalue weighted by atomic mass is 32.1. The maximum atomic E-state index is 13.8. The summed E-state index contributed by atoms with van der Waals surface area (Å²) in [6, 6.07) is 6.70. The third-order valence-corrected chi connectivity index (χ3v) is 4.71. The number of hydrogen-bond donors (Lipinski definition) is 0. The number of nitrogens with zero attached hydrogens (tertiary/aromatic N) is 3. The molecule has 116 valence electrons. The molecule has 1 aromatic heterocycles. The lowest BCUT2D eigenvalue weighted by molar-refractivity contribution is -0.130. The Kier molecular flexibility index (Phi) is 4.49. The molecule has 2 aromatic rings. The summed E-state index contributed by atoms with van der Waals surface area (Å²) in [4.78, 5) is 20.0. The summed E-state index contributed by atoms with van der Waals surface area (Å²) in [5.41, 5.74) is 1.24. The van der Waals surface area contributed by atoms with Crippen LogP contribution in [-0.4, -0.2) is 46.9 Å². The minimum Gasteiger partial charge on any atom is -0.340 e. The largest absolute Gasteiger partial charge is 0.340 e. The first-order valence-electron chi connectivity index (χ1n) is 7.30. The van der Waals surface area contributed by atoms with Gasteiger partial charge in [-0.05, 0) is 12.1 Å². The van der Waals surface area contributed by atoms with E-state index >= 15 is 0 Å². The molecule has 1 aliphatic heterocycles. The van der Waals surface area contributed by atoms with Gasteiger partial charge in [0.2, 0.25) is 5.91 Å². The van der Waals surface area contributed by atoms with Crippen LogP contribution in [-0.2, 0) is 11.3 Å². The lowest BCUT2D eigenvalue weighted by Gasteiger charge is -2.33. The molecule has 0 unspecified atom stereocenters. The van der Waals surface area contributed by atoms with Gasteiger partial charge in [-0.3, -0.25) is 9.69 Å². The number of thiazole rings is 1. The Morgan fingerprint density at radius 2 is 2.00 bits per heavy atom. The van der Waals surface area contributed by atoms with Crippen molar-refractivity contribution in [2.24, 2.45) is 0 Å². The number of rotatable bonds is 3. The molecule has 0 spiro atoms. The number of amides is 1.